The minimum Gasteiger partial charge on any atom is -0.376 e. The van der Waals surface area contributed by atoms with Crippen LogP contribution in [0.5, 0.6) is 0 Å². The van der Waals surface area contributed by atoms with E-state index >= 15 is 0 Å². The number of nitriles is 2. The summed E-state index contributed by atoms with van der Waals surface area (Å²) >= 11 is 1.23. The zero-order valence-electron chi connectivity index (χ0n) is 11.4. The van der Waals surface area contributed by atoms with Crippen molar-refractivity contribution in [2.24, 2.45) is 0 Å². The van der Waals surface area contributed by atoms with Crippen molar-refractivity contribution >= 4 is 23.1 Å². The summed E-state index contributed by atoms with van der Waals surface area (Å²) in [6.45, 7) is 4.23. The smallest absolute Gasteiger partial charge is 0.270 e. The van der Waals surface area contributed by atoms with E-state index in [-0.39, 0.29) is 11.1 Å². The van der Waals surface area contributed by atoms with E-state index in [1.807, 2.05) is 25.3 Å². The molecule has 0 atom stereocenters. The van der Waals surface area contributed by atoms with Crippen molar-refractivity contribution in [2.75, 3.05) is 13.1 Å². The number of hydrogen-bond acceptors (Lipinski definition) is 5. The summed E-state index contributed by atoms with van der Waals surface area (Å²) in [4.78, 5) is 14.5. The Kier molecular flexibility index (Phi) is 4.60. The Morgan fingerprint density at radius 3 is 2.50 bits per heavy atom. The maximum atomic E-state index is 12.3. The minimum atomic E-state index is -0.110. The summed E-state index contributed by atoms with van der Waals surface area (Å²) in [6.07, 6.45) is 5.41. The van der Waals surface area contributed by atoms with Gasteiger partial charge >= 0.3 is 0 Å². The van der Waals surface area contributed by atoms with Crippen LogP contribution in [-0.4, -0.2) is 22.6 Å². The third-order valence-electron chi connectivity index (χ3n) is 3.35. The monoisotopic (exact) mass is 288 g/mol. The summed E-state index contributed by atoms with van der Waals surface area (Å²) in [5.41, 5.74) is -0.103. The van der Waals surface area contributed by atoms with Crippen LogP contribution in [0, 0.1) is 22.7 Å². The molecule has 2 rings (SSSR count). The molecular weight excluding hydrogens is 272 g/mol. The van der Waals surface area contributed by atoms with Crippen LogP contribution in [0.3, 0.4) is 0 Å². The number of aromatic nitrogens is 1. The molecule has 5 nitrogen and oxygen atoms in total. The van der Waals surface area contributed by atoms with E-state index in [1.54, 1.807) is 0 Å². The van der Waals surface area contributed by atoms with Crippen LogP contribution in [0.15, 0.2) is 4.79 Å². The van der Waals surface area contributed by atoms with Crippen LogP contribution in [0.1, 0.15) is 26.2 Å². The van der Waals surface area contributed by atoms with Crippen LogP contribution in [-0.2, 0) is 6.54 Å². The highest BCUT2D eigenvalue weighted by Crippen LogP contribution is 2.08. The van der Waals surface area contributed by atoms with Gasteiger partial charge in [-0.15, -0.1) is 11.3 Å². The molecule has 20 heavy (non-hydrogen) atoms. The molecule has 0 bridgehead atoms. The maximum Gasteiger partial charge on any atom is 0.270 e. The number of hydrogen-bond donors (Lipinski definition) is 0. The SMILES string of the molecule is CCn1c(=C(C#N)C#N)s/c(=C\N2CCCCC2)c1=O. The number of rotatable bonds is 2. The van der Waals surface area contributed by atoms with E-state index in [0.29, 0.717) is 15.7 Å². The van der Waals surface area contributed by atoms with Crippen molar-refractivity contribution in [2.45, 2.75) is 32.7 Å². The fraction of sp³-hybridized carbons (Fsp3) is 0.500. The Morgan fingerprint density at radius 2 is 1.95 bits per heavy atom. The molecule has 0 unspecified atom stereocenters. The molecule has 6 heteroatoms. The van der Waals surface area contributed by atoms with Gasteiger partial charge < -0.3 is 4.90 Å². The molecular formula is C14H16N4OS. The molecule has 1 aliphatic rings. The Bertz CT molecular complexity index is 722. The van der Waals surface area contributed by atoms with E-state index in [1.165, 1.54) is 22.3 Å². The van der Waals surface area contributed by atoms with Gasteiger partial charge in [0, 0.05) is 25.8 Å². The molecule has 0 amide bonds. The van der Waals surface area contributed by atoms with Gasteiger partial charge in [-0.2, -0.15) is 10.5 Å². The van der Waals surface area contributed by atoms with Gasteiger partial charge in [0.05, 0.1) is 0 Å². The molecule has 0 radical (unpaired) electrons. The second kappa shape index (κ2) is 6.40. The third-order valence-corrected chi connectivity index (χ3v) is 4.47. The molecule has 1 aromatic heterocycles. The highest BCUT2D eigenvalue weighted by atomic mass is 32.1. The van der Waals surface area contributed by atoms with E-state index in [9.17, 15) is 4.79 Å². The van der Waals surface area contributed by atoms with Crippen LogP contribution in [0.4, 0.5) is 0 Å². The van der Waals surface area contributed by atoms with E-state index < -0.39 is 0 Å². The van der Waals surface area contributed by atoms with E-state index in [0.717, 1.165) is 25.9 Å². The number of thiazole rings is 1. The first-order chi connectivity index (χ1) is 9.71. The summed E-state index contributed by atoms with van der Waals surface area (Å²) in [6, 6.07) is 3.73. The van der Waals surface area contributed by atoms with Gasteiger partial charge in [0.15, 0.2) is 5.57 Å². The second-order valence-electron chi connectivity index (χ2n) is 4.65. The molecule has 0 N–H and O–H groups in total. The van der Waals surface area contributed by atoms with Crippen molar-refractivity contribution in [1.82, 2.24) is 9.47 Å². The molecule has 1 aliphatic heterocycles. The summed E-state index contributed by atoms with van der Waals surface area (Å²) in [7, 11) is 0. The average Bonchev–Trinajstić information content (AvgIpc) is 2.78. The van der Waals surface area contributed by atoms with Gasteiger partial charge in [0.25, 0.3) is 5.56 Å². The highest BCUT2D eigenvalue weighted by Gasteiger charge is 2.10. The predicted octanol–water partition coefficient (Wildman–Crippen LogP) is 0.351. The van der Waals surface area contributed by atoms with Crippen molar-refractivity contribution in [3.05, 3.63) is 19.5 Å². The maximum absolute atomic E-state index is 12.3. The van der Waals surface area contributed by atoms with Gasteiger partial charge in [-0.3, -0.25) is 9.36 Å². The standard InChI is InChI=1S/C14H16N4OS/c1-2-18-13(19)12(10-17-6-4-3-5-7-17)20-14(18)11(8-15)9-16/h10H,2-7H2,1H3/b12-10-. The first-order valence-electron chi connectivity index (χ1n) is 6.71. The largest absolute Gasteiger partial charge is 0.376 e. The van der Waals surface area contributed by atoms with Gasteiger partial charge in [-0.1, -0.05) is 0 Å². The lowest BCUT2D eigenvalue weighted by atomic mass is 10.1. The Hall–Kier alpha value is -2.05. The average molecular weight is 288 g/mol. The quantitative estimate of drug-likeness (QED) is 0.787. The Balaban J connectivity index is 2.61. The lowest BCUT2D eigenvalue weighted by Gasteiger charge is -2.24. The Labute approximate surface area is 121 Å². The minimum absolute atomic E-state index is 0.00671. The zero-order chi connectivity index (χ0) is 14.5. The molecule has 0 spiro atoms. The predicted molar refractivity (Wildman–Crippen MR) is 78.0 cm³/mol. The van der Waals surface area contributed by atoms with Crippen LogP contribution >= 0.6 is 11.3 Å². The lowest BCUT2D eigenvalue weighted by molar-refractivity contribution is 0.336. The van der Waals surface area contributed by atoms with Gasteiger partial charge in [0.1, 0.15) is 21.3 Å². The molecule has 1 aromatic rings. The summed E-state index contributed by atoms with van der Waals surface area (Å²) in [5.74, 6) is 0. The topological polar surface area (TPSA) is 72.8 Å². The molecule has 104 valence electrons. The summed E-state index contributed by atoms with van der Waals surface area (Å²) in [5, 5.41) is 18.0. The first-order valence-corrected chi connectivity index (χ1v) is 7.53. The van der Waals surface area contributed by atoms with Crippen molar-refractivity contribution in [3.8, 4) is 12.1 Å². The first kappa shape index (κ1) is 14.4. The van der Waals surface area contributed by atoms with Gasteiger partial charge in [-0.05, 0) is 26.2 Å². The number of piperidine rings is 1. The van der Waals surface area contributed by atoms with Crippen molar-refractivity contribution < 1.29 is 0 Å². The van der Waals surface area contributed by atoms with Gasteiger partial charge in [-0.25, -0.2) is 0 Å². The fourth-order valence-electron chi connectivity index (χ4n) is 2.32. The Morgan fingerprint density at radius 1 is 1.30 bits per heavy atom. The fourth-order valence-corrected chi connectivity index (χ4v) is 3.44. The molecule has 0 aliphatic carbocycles. The van der Waals surface area contributed by atoms with E-state index in [4.69, 9.17) is 10.5 Å². The normalized spacial score (nSPS) is 15.8. The third kappa shape index (κ3) is 2.76. The summed E-state index contributed by atoms with van der Waals surface area (Å²) < 4.78 is 2.57. The lowest BCUT2D eigenvalue weighted by Crippen LogP contribution is -2.34. The highest BCUT2D eigenvalue weighted by molar-refractivity contribution is 7.07. The number of nitrogens with zero attached hydrogens (tertiary/aromatic N) is 4. The molecule has 1 saturated heterocycles. The van der Waals surface area contributed by atoms with Crippen molar-refractivity contribution in [1.29, 1.82) is 10.5 Å². The second-order valence-corrected chi connectivity index (χ2v) is 5.68. The van der Waals surface area contributed by atoms with Crippen LogP contribution in [0.2, 0.25) is 0 Å². The van der Waals surface area contributed by atoms with Crippen molar-refractivity contribution in [3.63, 3.8) is 0 Å². The molecule has 2 heterocycles. The zero-order valence-corrected chi connectivity index (χ0v) is 12.2. The van der Waals surface area contributed by atoms with E-state index in [2.05, 4.69) is 4.90 Å². The number of likely N-dealkylation sites (tertiary alicyclic amines) is 1. The molecule has 0 saturated carbocycles. The van der Waals surface area contributed by atoms with Crippen LogP contribution < -0.4 is 14.8 Å². The van der Waals surface area contributed by atoms with Gasteiger partial charge in [0.2, 0.25) is 0 Å². The molecule has 0 aromatic carbocycles. The molecule has 1 fully saturated rings. The van der Waals surface area contributed by atoms with Crippen LogP contribution in [0.25, 0.3) is 11.8 Å².